The van der Waals surface area contributed by atoms with E-state index in [9.17, 15) is 4.79 Å². The highest BCUT2D eigenvalue weighted by Crippen LogP contribution is 2.15. The molecule has 2 rings (SSSR count). The van der Waals surface area contributed by atoms with Crippen LogP contribution in [0.25, 0.3) is 0 Å². The molecule has 1 atom stereocenters. The summed E-state index contributed by atoms with van der Waals surface area (Å²) < 4.78 is 0. The van der Waals surface area contributed by atoms with Crippen molar-refractivity contribution in [2.75, 3.05) is 29.5 Å². The first-order chi connectivity index (χ1) is 9.17. The van der Waals surface area contributed by atoms with Crippen molar-refractivity contribution in [2.24, 2.45) is 0 Å². The van der Waals surface area contributed by atoms with Gasteiger partial charge in [-0.05, 0) is 12.8 Å². The van der Waals surface area contributed by atoms with E-state index in [1.54, 1.807) is 0 Å². The first-order valence-electron chi connectivity index (χ1n) is 6.59. The molecule has 1 aliphatic heterocycles. The minimum Gasteiger partial charge on any atom is -0.370 e. The summed E-state index contributed by atoms with van der Waals surface area (Å²) in [6, 6.07) is 2.02. The number of nitrogen functional groups attached to an aromatic ring is 1. The molecule has 0 saturated carbocycles. The Morgan fingerprint density at radius 3 is 2.95 bits per heavy atom. The molecule has 0 aromatic carbocycles. The van der Waals surface area contributed by atoms with Gasteiger partial charge in [0, 0.05) is 31.6 Å². The first kappa shape index (κ1) is 13.4. The third-order valence-corrected chi connectivity index (χ3v) is 2.92. The summed E-state index contributed by atoms with van der Waals surface area (Å²) in [5.41, 5.74) is 5.69. The summed E-state index contributed by atoms with van der Waals surface area (Å²) in [5.74, 6) is 1.75. The molecule has 104 valence electrons. The largest absolute Gasteiger partial charge is 0.370 e. The van der Waals surface area contributed by atoms with Gasteiger partial charge in [0.25, 0.3) is 0 Å². The van der Waals surface area contributed by atoms with E-state index in [1.807, 2.05) is 6.07 Å². The molecule has 1 fully saturated rings. The van der Waals surface area contributed by atoms with Crippen LogP contribution in [0.1, 0.15) is 26.2 Å². The van der Waals surface area contributed by atoms with E-state index in [4.69, 9.17) is 5.73 Å². The Kier molecular flexibility index (Phi) is 4.38. The molecule has 1 unspecified atom stereocenters. The van der Waals surface area contributed by atoms with Crippen molar-refractivity contribution in [3.63, 3.8) is 0 Å². The molecule has 5 N–H and O–H groups in total. The van der Waals surface area contributed by atoms with Crippen LogP contribution < -0.4 is 21.7 Å². The highest BCUT2D eigenvalue weighted by Gasteiger charge is 2.18. The summed E-state index contributed by atoms with van der Waals surface area (Å²) in [6.45, 7) is 3.54. The second-order valence-electron chi connectivity index (χ2n) is 4.61. The van der Waals surface area contributed by atoms with Crippen LogP contribution >= 0.6 is 0 Å². The molecule has 1 aromatic heterocycles. The van der Waals surface area contributed by atoms with Crippen LogP contribution in [0.3, 0.4) is 0 Å². The number of carbonyl (C=O) groups is 1. The fourth-order valence-corrected chi connectivity index (χ4v) is 1.95. The van der Waals surface area contributed by atoms with E-state index in [-0.39, 0.29) is 17.9 Å². The quantitative estimate of drug-likeness (QED) is 0.620. The molecule has 1 amide bonds. The maximum atomic E-state index is 11.1. The minimum absolute atomic E-state index is 0.102. The fourth-order valence-electron chi connectivity index (χ4n) is 1.95. The van der Waals surface area contributed by atoms with Gasteiger partial charge in [-0.1, -0.05) is 6.92 Å². The van der Waals surface area contributed by atoms with Gasteiger partial charge in [-0.15, -0.1) is 0 Å². The number of piperidine rings is 1. The average molecular weight is 264 g/mol. The fraction of sp³-hybridized carbons (Fsp3) is 0.583. The van der Waals surface area contributed by atoms with Crippen LogP contribution in [0.5, 0.6) is 0 Å². The van der Waals surface area contributed by atoms with Crippen LogP contribution in [0.15, 0.2) is 6.07 Å². The molecule has 0 aliphatic carbocycles. The van der Waals surface area contributed by atoms with Crippen LogP contribution in [0.2, 0.25) is 0 Å². The maximum Gasteiger partial charge on any atom is 0.223 e. The average Bonchev–Trinajstić information content (AvgIpc) is 2.38. The highest BCUT2D eigenvalue weighted by atomic mass is 16.1. The van der Waals surface area contributed by atoms with Crippen LogP contribution in [0.4, 0.5) is 17.6 Å². The first-order valence-corrected chi connectivity index (χ1v) is 6.59. The number of carbonyl (C=O) groups excluding carboxylic acids is 1. The van der Waals surface area contributed by atoms with Crippen LogP contribution in [0, 0.1) is 0 Å². The van der Waals surface area contributed by atoms with E-state index in [0.29, 0.717) is 18.8 Å². The summed E-state index contributed by atoms with van der Waals surface area (Å²) >= 11 is 0. The standard InChI is InChI=1S/C12H20N6O/c1-2-5-14-9-6-10(18-12(13)17-9)16-8-3-4-11(19)15-7-8/h6,8H,2-5,7H2,1H3,(H,15,19)(H4,13,14,16,17,18). The Labute approximate surface area is 112 Å². The zero-order valence-corrected chi connectivity index (χ0v) is 11.1. The van der Waals surface area contributed by atoms with Crippen molar-refractivity contribution in [1.82, 2.24) is 15.3 Å². The van der Waals surface area contributed by atoms with Crippen molar-refractivity contribution < 1.29 is 4.79 Å². The third kappa shape index (κ3) is 3.97. The predicted molar refractivity (Wildman–Crippen MR) is 74.9 cm³/mol. The molecule has 0 radical (unpaired) electrons. The number of hydrogen-bond acceptors (Lipinski definition) is 6. The summed E-state index contributed by atoms with van der Waals surface area (Å²) in [7, 11) is 0. The van der Waals surface area contributed by atoms with Gasteiger partial charge in [-0.25, -0.2) is 0 Å². The zero-order chi connectivity index (χ0) is 13.7. The predicted octanol–water partition coefficient (Wildman–Crippen LogP) is 0.571. The second kappa shape index (κ2) is 6.21. The van der Waals surface area contributed by atoms with Gasteiger partial charge < -0.3 is 21.7 Å². The molecule has 0 spiro atoms. The van der Waals surface area contributed by atoms with Gasteiger partial charge in [0.1, 0.15) is 11.6 Å². The molecule has 2 heterocycles. The summed E-state index contributed by atoms with van der Waals surface area (Å²) in [6.07, 6.45) is 2.36. The number of anilines is 3. The zero-order valence-electron chi connectivity index (χ0n) is 11.1. The van der Waals surface area contributed by atoms with Gasteiger partial charge in [-0.3, -0.25) is 4.79 Å². The Morgan fingerprint density at radius 1 is 1.47 bits per heavy atom. The monoisotopic (exact) mass is 264 g/mol. The van der Waals surface area contributed by atoms with Crippen molar-refractivity contribution in [3.05, 3.63) is 6.07 Å². The molecule has 0 bridgehead atoms. The van der Waals surface area contributed by atoms with Crippen LogP contribution in [-0.2, 0) is 4.79 Å². The Hall–Kier alpha value is -2.05. The van der Waals surface area contributed by atoms with E-state index < -0.39 is 0 Å². The maximum absolute atomic E-state index is 11.1. The van der Waals surface area contributed by atoms with Gasteiger partial charge in [0.15, 0.2) is 0 Å². The lowest BCUT2D eigenvalue weighted by atomic mass is 10.1. The smallest absolute Gasteiger partial charge is 0.223 e. The highest BCUT2D eigenvalue weighted by molar-refractivity contribution is 5.77. The molecule has 1 aliphatic rings. The lowest BCUT2D eigenvalue weighted by molar-refractivity contribution is -0.122. The molecule has 7 nitrogen and oxygen atoms in total. The van der Waals surface area contributed by atoms with E-state index in [2.05, 4.69) is 32.8 Å². The van der Waals surface area contributed by atoms with Gasteiger partial charge in [0.2, 0.25) is 11.9 Å². The molecule has 1 aromatic rings. The molecular formula is C12H20N6O. The Morgan fingerprint density at radius 2 is 2.26 bits per heavy atom. The SMILES string of the molecule is CCCNc1cc(NC2CCC(=O)NC2)nc(N)n1. The number of nitrogens with one attached hydrogen (secondary N) is 3. The lowest BCUT2D eigenvalue weighted by Gasteiger charge is -2.24. The van der Waals surface area contributed by atoms with Crippen LogP contribution in [-0.4, -0.2) is 35.0 Å². The minimum atomic E-state index is 0.102. The van der Waals surface area contributed by atoms with Gasteiger partial charge in [0.05, 0.1) is 0 Å². The summed E-state index contributed by atoms with van der Waals surface area (Å²) in [5, 5.41) is 9.28. The number of nitrogens with zero attached hydrogens (tertiary/aromatic N) is 2. The topological polar surface area (TPSA) is 105 Å². The second-order valence-corrected chi connectivity index (χ2v) is 4.61. The lowest BCUT2D eigenvalue weighted by Crippen LogP contribution is -2.42. The van der Waals surface area contributed by atoms with Crippen molar-refractivity contribution in [1.29, 1.82) is 0 Å². The molecule has 19 heavy (non-hydrogen) atoms. The Bertz CT molecular complexity index is 440. The van der Waals surface area contributed by atoms with Gasteiger partial charge >= 0.3 is 0 Å². The molecule has 7 heteroatoms. The molecule has 1 saturated heterocycles. The number of amides is 1. The van der Waals surface area contributed by atoms with E-state index in [0.717, 1.165) is 25.2 Å². The third-order valence-electron chi connectivity index (χ3n) is 2.92. The molecular weight excluding hydrogens is 244 g/mol. The number of aromatic nitrogens is 2. The van der Waals surface area contributed by atoms with Crippen molar-refractivity contribution >= 4 is 23.5 Å². The van der Waals surface area contributed by atoms with Crippen molar-refractivity contribution in [3.8, 4) is 0 Å². The van der Waals surface area contributed by atoms with E-state index in [1.165, 1.54) is 0 Å². The number of rotatable bonds is 5. The van der Waals surface area contributed by atoms with Crippen molar-refractivity contribution in [2.45, 2.75) is 32.2 Å². The van der Waals surface area contributed by atoms with Gasteiger partial charge in [-0.2, -0.15) is 9.97 Å². The summed E-state index contributed by atoms with van der Waals surface area (Å²) in [4.78, 5) is 19.4. The van der Waals surface area contributed by atoms with E-state index >= 15 is 0 Å². The Balaban J connectivity index is 1.99. The normalized spacial score (nSPS) is 18.8. The number of nitrogens with two attached hydrogens (primary N) is 1. The number of hydrogen-bond donors (Lipinski definition) is 4.